The van der Waals surface area contributed by atoms with Crippen LogP contribution in [-0.4, -0.2) is 39.9 Å². The molecule has 0 saturated heterocycles. The average molecular weight is 498 g/mol. The first-order valence-electron chi connectivity index (χ1n) is 12.7. The minimum absolute atomic E-state index is 0.0385. The van der Waals surface area contributed by atoms with Gasteiger partial charge in [0.15, 0.2) is 0 Å². The molecule has 3 aromatic carbocycles. The first-order chi connectivity index (χ1) is 18.0. The largest absolute Gasteiger partial charge is 0.496 e. The number of benzene rings is 3. The molecule has 37 heavy (non-hydrogen) atoms. The lowest BCUT2D eigenvalue weighted by Gasteiger charge is -2.28. The standard InChI is InChI=1S/C30H31N3O4/c1-37-27-16-15-25(30(36)32-24-13-9-20(10-14-24)17-28(34)35)29-26(27)18-31-33(29)19-21-7-11-23(12-8-21)22-5-3-2-4-6-22/h2-8,11-12,15-16,18,20,24H,9-10,13-14,17,19H2,1H3,(H,32,36)(H,34,35). The summed E-state index contributed by atoms with van der Waals surface area (Å²) in [7, 11) is 1.61. The Kier molecular flexibility index (Phi) is 7.21. The molecule has 7 nitrogen and oxygen atoms in total. The topological polar surface area (TPSA) is 93.4 Å². The molecule has 0 spiro atoms. The van der Waals surface area contributed by atoms with Crippen LogP contribution in [-0.2, 0) is 11.3 Å². The van der Waals surface area contributed by atoms with Gasteiger partial charge >= 0.3 is 5.97 Å². The number of nitrogens with zero attached hydrogens (tertiary/aromatic N) is 2. The zero-order valence-electron chi connectivity index (χ0n) is 20.9. The molecule has 0 atom stereocenters. The number of carboxylic acids is 1. The normalized spacial score (nSPS) is 17.4. The lowest BCUT2D eigenvalue weighted by molar-refractivity contribution is -0.138. The van der Waals surface area contributed by atoms with Crippen LogP contribution >= 0.6 is 0 Å². The van der Waals surface area contributed by atoms with Crippen LogP contribution in [0, 0.1) is 5.92 Å². The summed E-state index contributed by atoms with van der Waals surface area (Å²) in [4.78, 5) is 24.4. The molecule has 0 bridgehead atoms. The molecule has 2 N–H and O–H groups in total. The highest BCUT2D eigenvalue weighted by Gasteiger charge is 2.26. The van der Waals surface area contributed by atoms with Crippen molar-refractivity contribution in [2.45, 2.75) is 44.7 Å². The van der Waals surface area contributed by atoms with Gasteiger partial charge in [0.05, 0.1) is 36.3 Å². The molecule has 1 heterocycles. The molecule has 1 aliphatic rings. The number of nitrogens with one attached hydrogen (secondary N) is 1. The highest BCUT2D eigenvalue weighted by molar-refractivity contribution is 6.07. The van der Waals surface area contributed by atoms with Crippen LogP contribution in [0.2, 0.25) is 0 Å². The molecular formula is C30H31N3O4. The quantitative estimate of drug-likeness (QED) is 0.334. The second-order valence-corrected chi connectivity index (χ2v) is 9.73. The van der Waals surface area contributed by atoms with Crippen LogP contribution in [0.25, 0.3) is 22.0 Å². The van der Waals surface area contributed by atoms with Crippen LogP contribution in [0.5, 0.6) is 5.75 Å². The van der Waals surface area contributed by atoms with Crippen LogP contribution in [0.4, 0.5) is 0 Å². The van der Waals surface area contributed by atoms with E-state index < -0.39 is 5.97 Å². The number of methoxy groups -OCH3 is 1. The van der Waals surface area contributed by atoms with Gasteiger partial charge in [-0.05, 0) is 60.4 Å². The van der Waals surface area contributed by atoms with E-state index in [1.165, 1.54) is 5.56 Å². The number of aliphatic carboxylic acids is 1. The lowest BCUT2D eigenvalue weighted by atomic mass is 9.84. The third-order valence-corrected chi connectivity index (χ3v) is 7.26. The van der Waals surface area contributed by atoms with Gasteiger partial charge in [0, 0.05) is 12.5 Å². The highest BCUT2D eigenvalue weighted by atomic mass is 16.5. The maximum Gasteiger partial charge on any atom is 0.303 e. The fourth-order valence-corrected chi connectivity index (χ4v) is 5.29. The van der Waals surface area contributed by atoms with Gasteiger partial charge in [-0.25, -0.2) is 0 Å². The summed E-state index contributed by atoms with van der Waals surface area (Å²) in [6, 6.07) is 22.3. The predicted octanol–water partition coefficient (Wildman–Crippen LogP) is 5.52. The Balaban J connectivity index is 1.36. The van der Waals surface area contributed by atoms with Crippen LogP contribution in [0.3, 0.4) is 0 Å². The smallest absolute Gasteiger partial charge is 0.303 e. The van der Waals surface area contributed by atoms with Gasteiger partial charge in [-0.15, -0.1) is 0 Å². The molecule has 1 aliphatic carbocycles. The molecule has 0 aliphatic heterocycles. The maximum absolute atomic E-state index is 13.4. The SMILES string of the molecule is COc1ccc(C(=O)NC2CCC(CC(=O)O)CC2)c2c1cnn2Cc1ccc(-c2ccccc2)cc1. The number of carbonyl (C=O) groups is 2. The van der Waals surface area contributed by atoms with E-state index >= 15 is 0 Å². The maximum atomic E-state index is 13.4. The van der Waals surface area contributed by atoms with Crippen molar-refractivity contribution in [2.24, 2.45) is 5.92 Å². The molecule has 0 unspecified atom stereocenters. The molecule has 1 fully saturated rings. The molecular weight excluding hydrogens is 466 g/mol. The first-order valence-corrected chi connectivity index (χ1v) is 12.7. The summed E-state index contributed by atoms with van der Waals surface area (Å²) in [5.74, 6) is -0.0361. The second kappa shape index (κ2) is 10.9. The van der Waals surface area contributed by atoms with E-state index in [-0.39, 0.29) is 24.3 Å². The van der Waals surface area contributed by atoms with Crippen LogP contribution in [0.15, 0.2) is 72.9 Å². The fourth-order valence-electron chi connectivity index (χ4n) is 5.29. The van der Waals surface area contributed by atoms with Crippen molar-refractivity contribution in [1.82, 2.24) is 15.1 Å². The third-order valence-electron chi connectivity index (χ3n) is 7.26. The molecule has 0 radical (unpaired) electrons. The van der Waals surface area contributed by atoms with Crippen molar-refractivity contribution in [3.05, 3.63) is 84.1 Å². The molecule has 1 amide bonds. The Hall–Kier alpha value is -4.13. The van der Waals surface area contributed by atoms with Crippen molar-refractivity contribution in [1.29, 1.82) is 0 Å². The van der Waals surface area contributed by atoms with E-state index in [9.17, 15) is 9.59 Å². The summed E-state index contributed by atoms with van der Waals surface area (Å²) < 4.78 is 7.41. The van der Waals surface area contributed by atoms with Gasteiger partial charge in [-0.2, -0.15) is 5.10 Å². The number of ether oxygens (including phenoxy) is 1. The van der Waals surface area contributed by atoms with Crippen molar-refractivity contribution >= 4 is 22.8 Å². The minimum atomic E-state index is -0.754. The van der Waals surface area contributed by atoms with Gasteiger partial charge in [-0.1, -0.05) is 54.6 Å². The lowest BCUT2D eigenvalue weighted by Crippen LogP contribution is -2.38. The van der Waals surface area contributed by atoms with Crippen LogP contribution < -0.4 is 10.1 Å². The number of hydrogen-bond acceptors (Lipinski definition) is 4. The van der Waals surface area contributed by atoms with Crippen molar-refractivity contribution in [2.75, 3.05) is 7.11 Å². The van der Waals surface area contributed by atoms with Gasteiger partial charge in [-0.3, -0.25) is 14.3 Å². The van der Waals surface area contributed by atoms with Gasteiger partial charge in [0.25, 0.3) is 5.91 Å². The number of carboxylic acid groups (broad SMARTS) is 1. The summed E-state index contributed by atoms with van der Waals surface area (Å²) in [5, 5.41) is 17.6. The number of hydrogen-bond donors (Lipinski definition) is 2. The number of rotatable bonds is 8. The zero-order chi connectivity index (χ0) is 25.8. The van der Waals surface area contributed by atoms with E-state index in [1.807, 2.05) is 28.9 Å². The Labute approximate surface area is 216 Å². The third kappa shape index (κ3) is 5.50. The number of aromatic nitrogens is 2. The Morgan fingerprint density at radius 2 is 1.68 bits per heavy atom. The minimum Gasteiger partial charge on any atom is -0.496 e. The Bertz CT molecular complexity index is 1390. The number of amides is 1. The Morgan fingerprint density at radius 1 is 0.973 bits per heavy atom. The van der Waals surface area contributed by atoms with E-state index in [1.54, 1.807) is 19.4 Å². The summed E-state index contributed by atoms with van der Waals surface area (Å²) in [5.41, 5.74) is 4.69. The van der Waals surface area contributed by atoms with E-state index in [0.29, 0.717) is 17.9 Å². The van der Waals surface area contributed by atoms with Crippen molar-refractivity contribution in [3.8, 4) is 16.9 Å². The van der Waals surface area contributed by atoms with Gasteiger partial charge < -0.3 is 15.2 Å². The summed E-state index contributed by atoms with van der Waals surface area (Å²) in [6.45, 7) is 0.520. The molecule has 1 saturated carbocycles. The first kappa shape index (κ1) is 24.6. The second-order valence-electron chi connectivity index (χ2n) is 9.73. The van der Waals surface area contributed by atoms with E-state index in [2.05, 4.69) is 46.8 Å². The van der Waals surface area contributed by atoms with Gasteiger partial charge in [0.1, 0.15) is 5.75 Å². The summed E-state index contributed by atoms with van der Waals surface area (Å²) in [6.07, 6.45) is 5.15. The molecule has 7 heteroatoms. The van der Waals surface area contributed by atoms with Crippen LogP contribution in [0.1, 0.15) is 48.0 Å². The molecule has 5 rings (SSSR count). The Morgan fingerprint density at radius 3 is 2.35 bits per heavy atom. The highest BCUT2D eigenvalue weighted by Crippen LogP contribution is 2.31. The molecule has 190 valence electrons. The van der Waals surface area contributed by atoms with Crippen molar-refractivity contribution < 1.29 is 19.4 Å². The monoisotopic (exact) mass is 497 g/mol. The zero-order valence-corrected chi connectivity index (χ0v) is 20.9. The van der Waals surface area contributed by atoms with E-state index in [0.717, 1.165) is 47.7 Å². The summed E-state index contributed by atoms with van der Waals surface area (Å²) >= 11 is 0. The van der Waals surface area contributed by atoms with Gasteiger partial charge in [0.2, 0.25) is 0 Å². The van der Waals surface area contributed by atoms with Crippen molar-refractivity contribution in [3.63, 3.8) is 0 Å². The predicted molar refractivity (Wildman–Crippen MR) is 143 cm³/mol. The van der Waals surface area contributed by atoms with E-state index in [4.69, 9.17) is 9.84 Å². The number of fused-ring (bicyclic) bond motifs is 1. The fraction of sp³-hybridized carbons (Fsp3) is 0.300. The number of carbonyl (C=O) groups excluding carboxylic acids is 1. The molecule has 4 aromatic rings. The molecule has 1 aromatic heterocycles. The average Bonchev–Trinajstić information content (AvgIpc) is 3.33.